The molecule has 3 nitrogen and oxygen atoms in total. The Balaban J connectivity index is 0.000000606. The molecule has 0 bridgehead atoms. The number of ether oxygens (including phenoxy) is 1. The molecule has 0 saturated carbocycles. The first kappa shape index (κ1) is 13.3. The maximum absolute atomic E-state index is 5.68. The van der Waals surface area contributed by atoms with Gasteiger partial charge in [0.2, 0.25) is 0 Å². The quantitative estimate of drug-likeness (QED) is 0.827. The Bertz CT molecular complexity index is 309. The molecule has 1 aromatic rings. The molecule has 16 heavy (non-hydrogen) atoms. The van der Waals surface area contributed by atoms with Crippen molar-refractivity contribution in [2.75, 3.05) is 25.1 Å². The van der Waals surface area contributed by atoms with Gasteiger partial charge in [-0.1, -0.05) is 32.4 Å². The third kappa shape index (κ3) is 3.65. The summed E-state index contributed by atoms with van der Waals surface area (Å²) < 4.78 is 5.17. The Morgan fingerprint density at radius 2 is 2.12 bits per heavy atom. The van der Waals surface area contributed by atoms with Gasteiger partial charge in [-0.25, -0.2) is 4.98 Å². The molecule has 0 radical (unpaired) electrons. The van der Waals surface area contributed by atoms with E-state index in [9.17, 15) is 0 Å². The van der Waals surface area contributed by atoms with Crippen molar-refractivity contribution in [3.05, 3.63) is 23.5 Å². The van der Waals surface area contributed by atoms with E-state index in [1.807, 2.05) is 19.9 Å². The van der Waals surface area contributed by atoms with E-state index in [4.69, 9.17) is 16.3 Å². The molecule has 1 aliphatic rings. The zero-order valence-electron chi connectivity index (χ0n) is 10.1. The lowest BCUT2D eigenvalue weighted by molar-refractivity contribution is -0.0924. The second-order valence-electron chi connectivity index (χ2n) is 4.03. The molecule has 1 N–H and O–H groups in total. The highest BCUT2D eigenvalue weighted by molar-refractivity contribution is 6.29. The Kier molecular flexibility index (Phi) is 5.03. The topological polar surface area (TPSA) is 34.2 Å². The molecule has 0 atom stereocenters. The first-order valence-corrected chi connectivity index (χ1v) is 5.99. The molecule has 1 fully saturated rings. The Morgan fingerprint density at radius 1 is 1.44 bits per heavy atom. The third-order valence-electron chi connectivity index (χ3n) is 2.35. The summed E-state index contributed by atoms with van der Waals surface area (Å²) >= 11 is 5.68. The molecule has 0 spiro atoms. The fraction of sp³-hybridized carbons (Fsp3) is 0.583. The number of hydrogen-bond acceptors (Lipinski definition) is 3. The highest BCUT2D eigenvalue weighted by Gasteiger charge is 2.32. The second kappa shape index (κ2) is 6.06. The van der Waals surface area contributed by atoms with Crippen LogP contribution in [0.4, 0.5) is 5.69 Å². The molecule has 4 heteroatoms. The van der Waals surface area contributed by atoms with E-state index in [0.29, 0.717) is 5.15 Å². The van der Waals surface area contributed by atoms with Gasteiger partial charge in [0.05, 0.1) is 25.1 Å². The first-order chi connectivity index (χ1) is 7.68. The van der Waals surface area contributed by atoms with E-state index in [0.717, 1.165) is 25.4 Å². The standard InChI is InChI=1S/C10H13ClN2O.C2H6/c1-10(6-14-7-10)5-13-8-2-3-9(11)12-4-8;1-2/h2-4,13H,5-7H2,1H3;1-2H3. The Labute approximate surface area is 102 Å². The van der Waals surface area contributed by atoms with Crippen LogP contribution in [0.2, 0.25) is 5.15 Å². The normalized spacial score (nSPS) is 16.8. The fourth-order valence-electron chi connectivity index (χ4n) is 1.35. The van der Waals surface area contributed by atoms with Crippen LogP contribution in [-0.4, -0.2) is 24.7 Å². The molecule has 1 aromatic heterocycles. The number of nitrogens with zero attached hydrogens (tertiary/aromatic N) is 1. The summed E-state index contributed by atoms with van der Waals surface area (Å²) in [6.07, 6.45) is 1.74. The van der Waals surface area contributed by atoms with Crippen molar-refractivity contribution in [3.63, 3.8) is 0 Å². The van der Waals surface area contributed by atoms with Crippen LogP contribution < -0.4 is 5.32 Å². The van der Waals surface area contributed by atoms with Crippen LogP contribution in [0.5, 0.6) is 0 Å². The van der Waals surface area contributed by atoms with Crippen molar-refractivity contribution < 1.29 is 4.74 Å². The summed E-state index contributed by atoms with van der Waals surface area (Å²) in [7, 11) is 0. The first-order valence-electron chi connectivity index (χ1n) is 5.61. The molecule has 0 amide bonds. The van der Waals surface area contributed by atoms with E-state index < -0.39 is 0 Å². The van der Waals surface area contributed by atoms with E-state index in [1.165, 1.54) is 0 Å². The molecule has 2 heterocycles. The molecule has 0 aromatic carbocycles. The molecular formula is C12H19ClN2O. The van der Waals surface area contributed by atoms with E-state index in [-0.39, 0.29) is 5.41 Å². The zero-order valence-corrected chi connectivity index (χ0v) is 10.8. The minimum atomic E-state index is 0.277. The van der Waals surface area contributed by atoms with Gasteiger partial charge in [-0.05, 0) is 12.1 Å². The van der Waals surface area contributed by atoms with Crippen LogP contribution in [-0.2, 0) is 4.74 Å². The van der Waals surface area contributed by atoms with Gasteiger partial charge in [0, 0.05) is 12.0 Å². The Hall–Kier alpha value is -0.800. The van der Waals surface area contributed by atoms with Crippen molar-refractivity contribution in [1.29, 1.82) is 0 Å². The number of pyridine rings is 1. The van der Waals surface area contributed by atoms with Gasteiger partial charge in [0.1, 0.15) is 5.15 Å². The maximum Gasteiger partial charge on any atom is 0.129 e. The van der Waals surface area contributed by atoms with Crippen LogP contribution in [0, 0.1) is 5.41 Å². The lowest BCUT2D eigenvalue weighted by Crippen LogP contribution is -2.45. The predicted molar refractivity (Wildman–Crippen MR) is 68.0 cm³/mol. The van der Waals surface area contributed by atoms with Crippen LogP contribution in [0.15, 0.2) is 18.3 Å². The summed E-state index contributed by atoms with van der Waals surface area (Å²) in [5.41, 5.74) is 1.28. The van der Waals surface area contributed by atoms with Crippen molar-refractivity contribution in [1.82, 2.24) is 4.98 Å². The smallest absolute Gasteiger partial charge is 0.129 e. The molecule has 90 valence electrons. The molecular weight excluding hydrogens is 224 g/mol. The highest BCUT2D eigenvalue weighted by atomic mass is 35.5. The lowest BCUT2D eigenvalue weighted by Gasteiger charge is -2.38. The van der Waals surface area contributed by atoms with Crippen LogP contribution in [0.1, 0.15) is 20.8 Å². The number of rotatable bonds is 3. The number of halogens is 1. The minimum Gasteiger partial charge on any atom is -0.383 e. The SMILES string of the molecule is CC.CC1(CNc2ccc(Cl)nc2)COC1. The zero-order chi connectivity index (χ0) is 12.0. The summed E-state index contributed by atoms with van der Waals surface area (Å²) in [5, 5.41) is 3.84. The third-order valence-corrected chi connectivity index (χ3v) is 2.57. The molecule has 2 rings (SSSR count). The highest BCUT2D eigenvalue weighted by Crippen LogP contribution is 2.26. The molecule has 0 unspecified atom stereocenters. The van der Waals surface area contributed by atoms with E-state index in [1.54, 1.807) is 12.3 Å². The monoisotopic (exact) mass is 242 g/mol. The number of anilines is 1. The summed E-state index contributed by atoms with van der Waals surface area (Å²) in [6.45, 7) is 8.78. The van der Waals surface area contributed by atoms with E-state index >= 15 is 0 Å². The number of hydrogen-bond donors (Lipinski definition) is 1. The van der Waals surface area contributed by atoms with Gasteiger partial charge in [0.15, 0.2) is 0 Å². The van der Waals surface area contributed by atoms with Gasteiger partial charge in [-0.15, -0.1) is 0 Å². The summed E-state index contributed by atoms with van der Waals surface area (Å²) in [6, 6.07) is 3.71. The maximum atomic E-state index is 5.68. The molecule has 1 aliphatic heterocycles. The summed E-state index contributed by atoms with van der Waals surface area (Å²) in [5.74, 6) is 0. The number of aromatic nitrogens is 1. The molecule has 1 saturated heterocycles. The van der Waals surface area contributed by atoms with E-state index in [2.05, 4.69) is 17.2 Å². The predicted octanol–water partition coefficient (Wildman–Crippen LogP) is 3.21. The van der Waals surface area contributed by atoms with Gasteiger partial charge in [-0.2, -0.15) is 0 Å². The van der Waals surface area contributed by atoms with Crippen molar-refractivity contribution in [3.8, 4) is 0 Å². The van der Waals surface area contributed by atoms with Gasteiger partial charge >= 0.3 is 0 Å². The average molecular weight is 243 g/mol. The van der Waals surface area contributed by atoms with Crippen LogP contribution >= 0.6 is 11.6 Å². The summed E-state index contributed by atoms with van der Waals surface area (Å²) in [4.78, 5) is 4.00. The van der Waals surface area contributed by atoms with Gasteiger partial charge in [0.25, 0.3) is 0 Å². The lowest BCUT2D eigenvalue weighted by atomic mass is 9.89. The fourth-order valence-corrected chi connectivity index (χ4v) is 1.46. The van der Waals surface area contributed by atoms with Gasteiger partial charge < -0.3 is 10.1 Å². The van der Waals surface area contributed by atoms with Crippen LogP contribution in [0.3, 0.4) is 0 Å². The number of nitrogens with one attached hydrogen (secondary N) is 1. The Morgan fingerprint density at radius 3 is 2.56 bits per heavy atom. The second-order valence-corrected chi connectivity index (χ2v) is 4.41. The minimum absolute atomic E-state index is 0.277. The van der Waals surface area contributed by atoms with Crippen molar-refractivity contribution >= 4 is 17.3 Å². The average Bonchev–Trinajstić information content (AvgIpc) is 2.29. The van der Waals surface area contributed by atoms with Crippen molar-refractivity contribution in [2.24, 2.45) is 5.41 Å². The largest absolute Gasteiger partial charge is 0.383 e. The van der Waals surface area contributed by atoms with Crippen molar-refractivity contribution in [2.45, 2.75) is 20.8 Å². The van der Waals surface area contributed by atoms with Gasteiger partial charge in [-0.3, -0.25) is 0 Å². The van der Waals surface area contributed by atoms with Crippen LogP contribution in [0.25, 0.3) is 0 Å². The molecule has 0 aliphatic carbocycles.